The largest absolute Gasteiger partial charge is 0.467 e. The zero-order chi connectivity index (χ0) is 17.0. The standard InChI is InChI=1S/C17H31NO4/c1-13(2)9-7-10-17(14(19)21-6)11-8-12-18(17)15(20)22-16(3,4)5/h13H,7-12H2,1-6H3. The van der Waals surface area contributed by atoms with Crippen LogP contribution in [0, 0.1) is 5.92 Å². The van der Waals surface area contributed by atoms with E-state index < -0.39 is 17.2 Å². The molecule has 1 heterocycles. The van der Waals surface area contributed by atoms with Crippen LogP contribution in [0.2, 0.25) is 0 Å². The Balaban J connectivity index is 2.92. The number of carbonyl (C=O) groups is 2. The Morgan fingerprint density at radius 2 is 1.91 bits per heavy atom. The molecule has 1 saturated heterocycles. The maximum Gasteiger partial charge on any atom is 0.411 e. The molecule has 0 aromatic carbocycles. The molecule has 0 bridgehead atoms. The number of likely N-dealkylation sites (tertiary alicyclic amines) is 1. The Morgan fingerprint density at radius 3 is 2.41 bits per heavy atom. The third-order valence-electron chi connectivity index (χ3n) is 4.04. The van der Waals surface area contributed by atoms with Crippen LogP contribution < -0.4 is 0 Å². The summed E-state index contributed by atoms with van der Waals surface area (Å²) in [5.41, 5.74) is -1.43. The van der Waals surface area contributed by atoms with Crippen molar-refractivity contribution >= 4 is 12.1 Å². The average Bonchev–Trinajstić information content (AvgIpc) is 2.80. The topological polar surface area (TPSA) is 55.8 Å². The van der Waals surface area contributed by atoms with Gasteiger partial charge >= 0.3 is 12.1 Å². The summed E-state index contributed by atoms with van der Waals surface area (Å²) in [4.78, 5) is 26.5. The van der Waals surface area contributed by atoms with Crippen molar-refractivity contribution in [2.75, 3.05) is 13.7 Å². The van der Waals surface area contributed by atoms with E-state index in [9.17, 15) is 9.59 Å². The molecule has 1 amide bonds. The Bertz CT molecular complexity index is 400. The number of hydrogen-bond acceptors (Lipinski definition) is 4. The monoisotopic (exact) mass is 313 g/mol. The lowest BCUT2D eigenvalue weighted by atomic mass is 9.88. The Hall–Kier alpha value is -1.26. The lowest BCUT2D eigenvalue weighted by molar-refractivity contribution is -0.153. The van der Waals surface area contributed by atoms with Gasteiger partial charge in [-0.15, -0.1) is 0 Å². The van der Waals surface area contributed by atoms with E-state index in [-0.39, 0.29) is 5.97 Å². The van der Waals surface area contributed by atoms with Gasteiger partial charge in [0, 0.05) is 6.54 Å². The molecule has 0 aliphatic carbocycles. The first-order valence-electron chi connectivity index (χ1n) is 8.21. The van der Waals surface area contributed by atoms with Crippen LogP contribution in [-0.4, -0.2) is 41.8 Å². The van der Waals surface area contributed by atoms with Gasteiger partial charge in [-0.05, 0) is 46.0 Å². The summed E-state index contributed by atoms with van der Waals surface area (Å²) in [6.45, 7) is 10.4. The van der Waals surface area contributed by atoms with E-state index >= 15 is 0 Å². The van der Waals surface area contributed by atoms with E-state index in [0.717, 1.165) is 19.3 Å². The van der Waals surface area contributed by atoms with Crippen molar-refractivity contribution in [2.45, 2.75) is 77.9 Å². The molecule has 0 radical (unpaired) electrons. The highest BCUT2D eigenvalue weighted by Gasteiger charge is 2.51. The summed E-state index contributed by atoms with van der Waals surface area (Å²) in [6.07, 6.45) is 3.59. The number of methoxy groups -OCH3 is 1. The number of carbonyl (C=O) groups excluding carboxylic acids is 2. The van der Waals surface area contributed by atoms with E-state index in [1.54, 1.807) is 4.90 Å². The molecule has 0 aromatic rings. The number of hydrogen-bond donors (Lipinski definition) is 0. The summed E-state index contributed by atoms with van der Waals surface area (Å²) < 4.78 is 10.5. The minimum Gasteiger partial charge on any atom is -0.467 e. The SMILES string of the molecule is COC(=O)C1(CCCC(C)C)CCCN1C(=O)OC(C)(C)C. The second-order valence-corrected chi connectivity index (χ2v) is 7.54. The summed E-state index contributed by atoms with van der Waals surface area (Å²) in [6, 6.07) is 0. The summed E-state index contributed by atoms with van der Waals surface area (Å²) in [7, 11) is 1.39. The normalized spacial score (nSPS) is 22.0. The lowest BCUT2D eigenvalue weighted by Gasteiger charge is -2.37. The van der Waals surface area contributed by atoms with Crippen molar-refractivity contribution < 1.29 is 19.1 Å². The van der Waals surface area contributed by atoms with Crippen LogP contribution in [0.5, 0.6) is 0 Å². The molecule has 0 spiro atoms. The molecule has 1 aliphatic heterocycles. The van der Waals surface area contributed by atoms with E-state index in [2.05, 4.69) is 13.8 Å². The molecule has 1 rings (SSSR count). The van der Waals surface area contributed by atoms with Gasteiger partial charge in [0.15, 0.2) is 0 Å². The second kappa shape index (κ2) is 7.34. The molecule has 1 unspecified atom stereocenters. The van der Waals surface area contributed by atoms with Gasteiger partial charge in [-0.25, -0.2) is 9.59 Å². The molecule has 128 valence electrons. The number of esters is 1. The first-order valence-corrected chi connectivity index (χ1v) is 8.21. The first kappa shape index (κ1) is 18.8. The predicted molar refractivity (Wildman–Crippen MR) is 85.6 cm³/mol. The molecule has 0 aromatic heterocycles. The lowest BCUT2D eigenvalue weighted by Crippen LogP contribution is -2.54. The van der Waals surface area contributed by atoms with Crippen molar-refractivity contribution in [2.24, 2.45) is 5.92 Å². The van der Waals surface area contributed by atoms with Gasteiger partial charge in [0.05, 0.1) is 7.11 Å². The van der Waals surface area contributed by atoms with E-state index in [1.807, 2.05) is 20.8 Å². The number of ether oxygens (including phenoxy) is 2. The van der Waals surface area contributed by atoms with Crippen molar-refractivity contribution in [3.63, 3.8) is 0 Å². The fourth-order valence-electron chi connectivity index (χ4n) is 3.03. The van der Waals surface area contributed by atoms with Crippen molar-refractivity contribution in [1.82, 2.24) is 4.90 Å². The third-order valence-corrected chi connectivity index (χ3v) is 4.04. The van der Waals surface area contributed by atoms with Crippen LogP contribution in [0.1, 0.15) is 66.7 Å². The minimum atomic E-state index is -0.855. The first-order chi connectivity index (χ1) is 10.1. The van der Waals surface area contributed by atoms with Crippen molar-refractivity contribution in [3.05, 3.63) is 0 Å². The van der Waals surface area contributed by atoms with Gasteiger partial charge in [0.25, 0.3) is 0 Å². The molecule has 1 atom stereocenters. The number of rotatable bonds is 5. The van der Waals surface area contributed by atoms with Crippen LogP contribution >= 0.6 is 0 Å². The summed E-state index contributed by atoms with van der Waals surface area (Å²) >= 11 is 0. The molecule has 0 saturated carbocycles. The number of nitrogens with zero attached hydrogens (tertiary/aromatic N) is 1. The van der Waals surface area contributed by atoms with Crippen LogP contribution in [0.3, 0.4) is 0 Å². The van der Waals surface area contributed by atoms with Gasteiger partial charge in [0.2, 0.25) is 0 Å². The molecule has 5 nitrogen and oxygen atoms in total. The fraction of sp³-hybridized carbons (Fsp3) is 0.882. The Morgan fingerprint density at radius 1 is 1.27 bits per heavy atom. The molecule has 5 heteroatoms. The van der Waals surface area contributed by atoms with Crippen LogP contribution in [0.4, 0.5) is 4.79 Å². The maximum atomic E-state index is 12.5. The highest BCUT2D eigenvalue weighted by atomic mass is 16.6. The van der Waals surface area contributed by atoms with Gasteiger partial charge in [0.1, 0.15) is 11.1 Å². The van der Waals surface area contributed by atoms with Crippen LogP contribution in [0.25, 0.3) is 0 Å². The smallest absolute Gasteiger partial charge is 0.411 e. The maximum absolute atomic E-state index is 12.5. The summed E-state index contributed by atoms with van der Waals surface area (Å²) in [5, 5.41) is 0. The molecule has 1 fully saturated rings. The second-order valence-electron chi connectivity index (χ2n) is 7.54. The van der Waals surface area contributed by atoms with E-state index in [1.165, 1.54) is 7.11 Å². The zero-order valence-corrected chi connectivity index (χ0v) is 14.9. The van der Waals surface area contributed by atoms with Crippen molar-refractivity contribution in [1.29, 1.82) is 0 Å². The molecular weight excluding hydrogens is 282 g/mol. The number of amides is 1. The zero-order valence-electron chi connectivity index (χ0n) is 14.9. The molecular formula is C17H31NO4. The van der Waals surface area contributed by atoms with E-state index in [4.69, 9.17) is 9.47 Å². The Kier molecular flexibility index (Phi) is 6.27. The summed E-state index contributed by atoms with van der Waals surface area (Å²) in [5.74, 6) is 0.255. The Labute approximate surface area is 134 Å². The highest BCUT2D eigenvalue weighted by molar-refractivity contribution is 5.86. The molecule has 1 aliphatic rings. The van der Waals surface area contributed by atoms with E-state index in [0.29, 0.717) is 25.3 Å². The van der Waals surface area contributed by atoms with Gasteiger partial charge in [-0.1, -0.05) is 26.7 Å². The van der Waals surface area contributed by atoms with Crippen LogP contribution in [-0.2, 0) is 14.3 Å². The fourth-order valence-corrected chi connectivity index (χ4v) is 3.03. The van der Waals surface area contributed by atoms with Crippen molar-refractivity contribution in [3.8, 4) is 0 Å². The van der Waals surface area contributed by atoms with Gasteiger partial charge in [-0.2, -0.15) is 0 Å². The highest BCUT2D eigenvalue weighted by Crippen LogP contribution is 2.36. The third kappa shape index (κ3) is 4.62. The average molecular weight is 313 g/mol. The van der Waals surface area contributed by atoms with Gasteiger partial charge in [-0.3, -0.25) is 4.90 Å². The molecule has 22 heavy (non-hydrogen) atoms. The van der Waals surface area contributed by atoms with Gasteiger partial charge < -0.3 is 9.47 Å². The van der Waals surface area contributed by atoms with Crippen LogP contribution in [0.15, 0.2) is 0 Å². The minimum absolute atomic E-state index is 0.320. The quantitative estimate of drug-likeness (QED) is 0.725. The molecule has 0 N–H and O–H groups in total. The predicted octanol–water partition coefficient (Wildman–Crippen LogP) is 3.76.